The summed E-state index contributed by atoms with van der Waals surface area (Å²) in [6, 6.07) is 8.24. The van der Waals surface area contributed by atoms with Crippen molar-refractivity contribution < 1.29 is 9.53 Å². The lowest BCUT2D eigenvalue weighted by atomic mass is 9.96. The molecule has 2 heteroatoms. The molecule has 1 unspecified atom stereocenters. The van der Waals surface area contributed by atoms with Crippen LogP contribution in [-0.2, 0) is 16.0 Å². The van der Waals surface area contributed by atoms with E-state index in [4.69, 9.17) is 4.74 Å². The molecule has 2 nitrogen and oxygen atoms in total. The maximum absolute atomic E-state index is 11.3. The predicted octanol–water partition coefficient (Wildman–Crippen LogP) is 2.28. The molecule has 2 rings (SSSR count). The van der Waals surface area contributed by atoms with Gasteiger partial charge in [0.05, 0.1) is 12.5 Å². The molecule has 0 saturated carbocycles. The number of benzene rings is 1. The number of carbonyl (C=O) groups excluding carboxylic acids is 1. The third-order valence-electron chi connectivity index (χ3n) is 2.73. The number of esters is 1. The maximum atomic E-state index is 11.3. The summed E-state index contributed by atoms with van der Waals surface area (Å²) in [7, 11) is 0. The van der Waals surface area contributed by atoms with Crippen LogP contribution in [-0.4, -0.2) is 12.6 Å². The van der Waals surface area contributed by atoms with Gasteiger partial charge in [0.25, 0.3) is 0 Å². The molecule has 0 aliphatic carbocycles. The normalized spacial score (nSPS) is 20.9. The van der Waals surface area contributed by atoms with Crippen LogP contribution in [0.4, 0.5) is 0 Å². The minimum Gasteiger partial charge on any atom is -0.465 e. The summed E-state index contributed by atoms with van der Waals surface area (Å²) in [5.74, 6) is -0.102. The van der Waals surface area contributed by atoms with Crippen LogP contribution in [0.2, 0.25) is 0 Å². The SMILES string of the molecule is CCc1ccc(C2CCOC2=O)cc1. The first kappa shape index (κ1) is 9.25. The molecule has 0 radical (unpaired) electrons. The van der Waals surface area contributed by atoms with Gasteiger partial charge >= 0.3 is 5.97 Å². The lowest BCUT2D eigenvalue weighted by Crippen LogP contribution is -2.05. The summed E-state index contributed by atoms with van der Waals surface area (Å²) in [6.45, 7) is 2.69. The first-order valence-corrected chi connectivity index (χ1v) is 5.06. The van der Waals surface area contributed by atoms with Crippen LogP contribution in [0.15, 0.2) is 24.3 Å². The second kappa shape index (κ2) is 3.82. The van der Waals surface area contributed by atoms with Gasteiger partial charge in [0.15, 0.2) is 0 Å². The number of aryl methyl sites for hydroxylation is 1. The molecule has 0 bridgehead atoms. The van der Waals surface area contributed by atoms with Gasteiger partial charge in [-0.2, -0.15) is 0 Å². The molecule has 0 amide bonds. The Bertz CT molecular complexity index is 327. The van der Waals surface area contributed by atoms with Crippen molar-refractivity contribution >= 4 is 5.97 Å². The summed E-state index contributed by atoms with van der Waals surface area (Å²) in [5, 5.41) is 0. The molecule has 1 atom stereocenters. The van der Waals surface area contributed by atoms with E-state index >= 15 is 0 Å². The number of hydrogen-bond acceptors (Lipinski definition) is 2. The average Bonchev–Trinajstić information content (AvgIpc) is 2.65. The van der Waals surface area contributed by atoms with Gasteiger partial charge in [-0.25, -0.2) is 0 Å². The number of hydrogen-bond donors (Lipinski definition) is 0. The zero-order valence-electron chi connectivity index (χ0n) is 8.32. The number of cyclic esters (lactones) is 1. The Balaban J connectivity index is 2.20. The molecule has 74 valence electrons. The van der Waals surface area contributed by atoms with Gasteiger partial charge in [-0.15, -0.1) is 0 Å². The van der Waals surface area contributed by atoms with E-state index in [1.54, 1.807) is 0 Å². The smallest absolute Gasteiger partial charge is 0.313 e. The fourth-order valence-electron chi connectivity index (χ4n) is 1.78. The van der Waals surface area contributed by atoms with E-state index in [1.165, 1.54) is 5.56 Å². The standard InChI is InChI=1S/C12H14O2/c1-2-9-3-5-10(6-4-9)11-7-8-14-12(11)13/h3-6,11H,2,7-8H2,1H3. The Hall–Kier alpha value is -1.31. The minimum absolute atomic E-state index is 0.0269. The Morgan fingerprint density at radius 2 is 2.07 bits per heavy atom. The molecule has 0 aromatic heterocycles. The molecule has 1 aromatic rings. The van der Waals surface area contributed by atoms with Gasteiger partial charge < -0.3 is 4.74 Å². The Morgan fingerprint density at radius 3 is 2.57 bits per heavy atom. The molecule has 1 saturated heterocycles. The summed E-state index contributed by atoms with van der Waals surface area (Å²) in [4.78, 5) is 11.3. The van der Waals surface area contributed by atoms with Crippen LogP contribution in [0.5, 0.6) is 0 Å². The lowest BCUT2D eigenvalue weighted by Gasteiger charge is -2.06. The average molecular weight is 190 g/mol. The summed E-state index contributed by atoms with van der Waals surface area (Å²) < 4.78 is 4.94. The Morgan fingerprint density at radius 1 is 1.36 bits per heavy atom. The number of ether oxygens (including phenoxy) is 1. The third-order valence-corrected chi connectivity index (χ3v) is 2.73. The molecule has 1 fully saturated rings. The maximum Gasteiger partial charge on any atom is 0.313 e. The molecule has 0 N–H and O–H groups in total. The van der Waals surface area contributed by atoms with Crippen molar-refractivity contribution in [2.75, 3.05) is 6.61 Å². The highest BCUT2D eigenvalue weighted by atomic mass is 16.5. The van der Waals surface area contributed by atoms with Crippen molar-refractivity contribution in [1.29, 1.82) is 0 Å². The van der Waals surface area contributed by atoms with E-state index in [0.717, 1.165) is 18.4 Å². The van der Waals surface area contributed by atoms with Crippen molar-refractivity contribution in [3.63, 3.8) is 0 Å². The quantitative estimate of drug-likeness (QED) is 0.669. The predicted molar refractivity (Wildman–Crippen MR) is 54.1 cm³/mol. The molecular weight excluding hydrogens is 176 g/mol. The van der Waals surface area contributed by atoms with Crippen LogP contribution in [0, 0.1) is 0 Å². The number of rotatable bonds is 2. The minimum atomic E-state index is -0.0748. The fourth-order valence-corrected chi connectivity index (χ4v) is 1.78. The van der Waals surface area contributed by atoms with Crippen LogP contribution in [0.25, 0.3) is 0 Å². The van der Waals surface area contributed by atoms with E-state index in [9.17, 15) is 4.79 Å². The molecule has 0 spiro atoms. The van der Waals surface area contributed by atoms with E-state index in [2.05, 4.69) is 19.1 Å². The van der Waals surface area contributed by atoms with Crippen LogP contribution in [0.3, 0.4) is 0 Å². The highest BCUT2D eigenvalue weighted by molar-refractivity contribution is 5.79. The summed E-state index contributed by atoms with van der Waals surface area (Å²) in [5.41, 5.74) is 2.39. The van der Waals surface area contributed by atoms with Crippen LogP contribution in [0.1, 0.15) is 30.4 Å². The second-order valence-electron chi connectivity index (χ2n) is 3.60. The van der Waals surface area contributed by atoms with Gasteiger partial charge in [-0.1, -0.05) is 31.2 Å². The first-order valence-electron chi connectivity index (χ1n) is 5.06. The molecular formula is C12H14O2. The molecule has 1 aromatic carbocycles. The lowest BCUT2D eigenvalue weighted by molar-refractivity contribution is -0.139. The first-order chi connectivity index (χ1) is 6.81. The van der Waals surface area contributed by atoms with Gasteiger partial charge in [0.2, 0.25) is 0 Å². The Kier molecular flexibility index (Phi) is 2.53. The molecule has 1 heterocycles. The second-order valence-corrected chi connectivity index (χ2v) is 3.60. The van der Waals surface area contributed by atoms with Crippen molar-refractivity contribution in [1.82, 2.24) is 0 Å². The van der Waals surface area contributed by atoms with Crippen molar-refractivity contribution in [2.45, 2.75) is 25.7 Å². The van der Waals surface area contributed by atoms with Gasteiger partial charge in [0, 0.05) is 0 Å². The zero-order chi connectivity index (χ0) is 9.97. The monoisotopic (exact) mass is 190 g/mol. The largest absolute Gasteiger partial charge is 0.465 e. The third kappa shape index (κ3) is 1.65. The summed E-state index contributed by atoms with van der Waals surface area (Å²) >= 11 is 0. The van der Waals surface area contributed by atoms with Crippen LogP contribution >= 0.6 is 0 Å². The zero-order valence-corrected chi connectivity index (χ0v) is 8.32. The van der Waals surface area contributed by atoms with E-state index < -0.39 is 0 Å². The van der Waals surface area contributed by atoms with E-state index in [1.807, 2.05) is 12.1 Å². The molecule has 1 aliphatic rings. The van der Waals surface area contributed by atoms with Gasteiger partial charge in [0.1, 0.15) is 0 Å². The van der Waals surface area contributed by atoms with Crippen molar-refractivity contribution in [2.24, 2.45) is 0 Å². The topological polar surface area (TPSA) is 26.3 Å². The van der Waals surface area contributed by atoms with Gasteiger partial charge in [-0.05, 0) is 24.0 Å². The molecule has 14 heavy (non-hydrogen) atoms. The number of carbonyl (C=O) groups is 1. The fraction of sp³-hybridized carbons (Fsp3) is 0.417. The highest BCUT2D eigenvalue weighted by Crippen LogP contribution is 2.26. The van der Waals surface area contributed by atoms with Crippen LogP contribution < -0.4 is 0 Å². The van der Waals surface area contributed by atoms with Crippen molar-refractivity contribution in [3.8, 4) is 0 Å². The van der Waals surface area contributed by atoms with Crippen molar-refractivity contribution in [3.05, 3.63) is 35.4 Å². The Labute approximate surface area is 83.9 Å². The van der Waals surface area contributed by atoms with E-state index in [-0.39, 0.29) is 11.9 Å². The molecule has 1 aliphatic heterocycles. The summed E-state index contributed by atoms with van der Waals surface area (Å²) in [6.07, 6.45) is 1.86. The van der Waals surface area contributed by atoms with Gasteiger partial charge in [-0.3, -0.25) is 4.79 Å². The van der Waals surface area contributed by atoms with E-state index in [0.29, 0.717) is 6.61 Å². The highest BCUT2D eigenvalue weighted by Gasteiger charge is 2.27.